The summed E-state index contributed by atoms with van der Waals surface area (Å²) in [4.78, 5) is 27.6. The minimum absolute atomic E-state index is 0. The van der Waals surface area contributed by atoms with Crippen molar-refractivity contribution in [2.24, 2.45) is 0 Å². The monoisotopic (exact) mass is 367 g/mol. The first-order valence-electron chi connectivity index (χ1n) is 9.33. The number of hydrogen-bond donors (Lipinski definition) is 3. The molecule has 4 heterocycles. The highest BCUT2D eigenvalue weighted by molar-refractivity contribution is 5.87. The molecule has 6 nitrogen and oxygen atoms in total. The Labute approximate surface area is 159 Å². The minimum Gasteiger partial charge on any atom is -0.352 e. The molecule has 144 valence electrons. The van der Waals surface area contributed by atoms with Crippen LogP contribution in [0.5, 0.6) is 0 Å². The molecule has 0 spiro atoms. The molecule has 0 unspecified atom stereocenters. The van der Waals surface area contributed by atoms with Crippen molar-refractivity contribution in [3.63, 3.8) is 0 Å². The molecule has 4 rings (SSSR count). The third-order valence-corrected chi connectivity index (χ3v) is 5.25. The Hall–Kier alpha value is -2.47. The van der Waals surface area contributed by atoms with Gasteiger partial charge in [-0.25, -0.2) is 9.97 Å². The normalized spacial score (nSPS) is 15.3. The van der Waals surface area contributed by atoms with E-state index in [0.29, 0.717) is 17.4 Å². The van der Waals surface area contributed by atoms with Crippen LogP contribution in [0.1, 0.15) is 62.9 Å². The van der Waals surface area contributed by atoms with Gasteiger partial charge >= 0.3 is 0 Å². The summed E-state index contributed by atoms with van der Waals surface area (Å²) in [6, 6.07) is 1.93. The third kappa shape index (κ3) is 3.54. The SMILES string of the molecule is C.Cc1cc(-c2[nH]c3cnc(C4CCNCC4)nc3c2C(C)C)c[nH]c1=O. The molecule has 0 bridgehead atoms. The van der Waals surface area contributed by atoms with Crippen LogP contribution in [0.3, 0.4) is 0 Å². The summed E-state index contributed by atoms with van der Waals surface area (Å²) in [5, 5.41) is 3.40. The van der Waals surface area contributed by atoms with Crippen LogP contribution in [0.2, 0.25) is 0 Å². The first-order valence-corrected chi connectivity index (χ1v) is 9.33. The standard InChI is InChI=1S/C20H25N5O.CH4/c1-11(2)16-17(14-8-12(3)20(26)23-9-14)24-15-10-22-19(25-18(15)16)13-4-6-21-7-5-13;/h8-11,13,21,24H,4-7H2,1-3H3,(H,23,26);1H4. The van der Waals surface area contributed by atoms with Crippen molar-refractivity contribution in [2.45, 2.75) is 52.9 Å². The zero-order valence-corrected chi connectivity index (χ0v) is 15.5. The van der Waals surface area contributed by atoms with Crippen LogP contribution in [-0.4, -0.2) is 33.0 Å². The van der Waals surface area contributed by atoms with Crippen LogP contribution in [0.15, 0.2) is 23.3 Å². The number of rotatable bonds is 3. The maximum absolute atomic E-state index is 11.7. The summed E-state index contributed by atoms with van der Waals surface area (Å²) in [6.45, 7) is 8.24. The van der Waals surface area contributed by atoms with Crippen molar-refractivity contribution >= 4 is 11.0 Å². The van der Waals surface area contributed by atoms with E-state index in [9.17, 15) is 4.79 Å². The molecule has 0 atom stereocenters. The average Bonchev–Trinajstić information content (AvgIpc) is 3.03. The molecule has 3 aromatic rings. The van der Waals surface area contributed by atoms with E-state index in [0.717, 1.165) is 54.0 Å². The van der Waals surface area contributed by atoms with E-state index >= 15 is 0 Å². The fourth-order valence-corrected chi connectivity index (χ4v) is 3.82. The van der Waals surface area contributed by atoms with Crippen molar-refractivity contribution in [2.75, 3.05) is 13.1 Å². The first kappa shape index (κ1) is 19.3. The van der Waals surface area contributed by atoms with Crippen molar-refractivity contribution < 1.29 is 0 Å². The van der Waals surface area contributed by atoms with Crippen LogP contribution in [0, 0.1) is 6.92 Å². The molecular weight excluding hydrogens is 338 g/mol. The zero-order chi connectivity index (χ0) is 18.3. The number of nitrogens with zero attached hydrogens (tertiary/aromatic N) is 2. The van der Waals surface area contributed by atoms with Crippen LogP contribution in [0.25, 0.3) is 22.3 Å². The first-order chi connectivity index (χ1) is 12.5. The highest BCUT2D eigenvalue weighted by Crippen LogP contribution is 2.35. The predicted molar refractivity (Wildman–Crippen MR) is 110 cm³/mol. The van der Waals surface area contributed by atoms with Crippen molar-refractivity contribution in [1.82, 2.24) is 25.3 Å². The van der Waals surface area contributed by atoms with Crippen molar-refractivity contribution in [3.8, 4) is 11.3 Å². The van der Waals surface area contributed by atoms with Gasteiger partial charge in [-0.15, -0.1) is 0 Å². The molecule has 0 aromatic carbocycles. The number of hydrogen-bond acceptors (Lipinski definition) is 4. The summed E-state index contributed by atoms with van der Waals surface area (Å²) in [5.74, 6) is 1.68. The number of piperidine rings is 1. The molecule has 1 fully saturated rings. The zero-order valence-electron chi connectivity index (χ0n) is 15.5. The number of nitrogens with one attached hydrogen (secondary N) is 3. The lowest BCUT2D eigenvalue weighted by molar-refractivity contribution is 0.446. The van der Waals surface area contributed by atoms with Crippen LogP contribution >= 0.6 is 0 Å². The van der Waals surface area contributed by atoms with Gasteiger partial charge in [0.1, 0.15) is 5.82 Å². The third-order valence-electron chi connectivity index (χ3n) is 5.25. The lowest BCUT2D eigenvalue weighted by Crippen LogP contribution is -2.27. The van der Waals surface area contributed by atoms with Gasteiger partial charge in [-0.1, -0.05) is 21.3 Å². The number of pyridine rings is 1. The lowest BCUT2D eigenvalue weighted by atomic mass is 9.96. The quantitative estimate of drug-likeness (QED) is 0.656. The van der Waals surface area contributed by atoms with Gasteiger partial charge in [-0.05, 0) is 44.8 Å². The van der Waals surface area contributed by atoms with E-state index < -0.39 is 0 Å². The highest BCUT2D eigenvalue weighted by Gasteiger charge is 2.22. The fourth-order valence-electron chi connectivity index (χ4n) is 3.82. The molecule has 3 aromatic heterocycles. The molecule has 1 aliphatic heterocycles. The van der Waals surface area contributed by atoms with Gasteiger partial charge < -0.3 is 15.3 Å². The van der Waals surface area contributed by atoms with Crippen molar-refractivity contribution in [1.29, 1.82) is 0 Å². The Morgan fingerprint density at radius 3 is 2.63 bits per heavy atom. The average molecular weight is 367 g/mol. The predicted octanol–water partition coefficient (Wildman–Crippen LogP) is 3.85. The molecule has 0 amide bonds. The summed E-state index contributed by atoms with van der Waals surface area (Å²) in [6.07, 6.45) is 5.85. The maximum Gasteiger partial charge on any atom is 0.250 e. The summed E-state index contributed by atoms with van der Waals surface area (Å²) in [7, 11) is 0. The number of aromatic nitrogens is 4. The molecular formula is C21H29N5O. The summed E-state index contributed by atoms with van der Waals surface area (Å²) >= 11 is 0. The van der Waals surface area contributed by atoms with Gasteiger partial charge in [0, 0.05) is 28.8 Å². The molecule has 0 aliphatic carbocycles. The molecule has 1 saturated heterocycles. The molecule has 27 heavy (non-hydrogen) atoms. The Bertz CT molecular complexity index is 995. The highest BCUT2D eigenvalue weighted by atomic mass is 16.1. The summed E-state index contributed by atoms with van der Waals surface area (Å²) in [5.41, 5.74) is 5.79. The van der Waals surface area contributed by atoms with Crippen LogP contribution < -0.4 is 10.9 Å². The molecule has 0 radical (unpaired) electrons. The second-order valence-electron chi connectivity index (χ2n) is 7.48. The Balaban J connectivity index is 0.00000210. The second-order valence-corrected chi connectivity index (χ2v) is 7.48. The summed E-state index contributed by atoms with van der Waals surface area (Å²) < 4.78 is 0. The smallest absolute Gasteiger partial charge is 0.250 e. The van der Waals surface area contributed by atoms with E-state index in [1.807, 2.05) is 19.2 Å². The lowest BCUT2D eigenvalue weighted by Gasteiger charge is -2.21. The Morgan fingerprint density at radius 2 is 1.96 bits per heavy atom. The number of aryl methyl sites for hydroxylation is 1. The Morgan fingerprint density at radius 1 is 1.22 bits per heavy atom. The molecule has 1 aliphatic rings. The number of aromatic amines is 2. The van der Waals surface area contributed by atoms with Gasteiger partial charge in [0.2, 0.25) is 0 Å². The molecule has 6 heteroatoms. The minimum atomic E-state index is -0.0519. The number of H-pyrrole nitrogens is 2. The van der Waals surface area contributed by atoms with Gasteiger partial charge in [0.15, 0.2) is 0 Å². The fraction of sp³-hybridized carbons (Fsp3) is 0.476. The molecule has 3 N–H and O–H groups in total. The van der Waals surface area contributed by atoms with E-state index in [1.165, 1.54) is 5.56 Å². The maximum atomic E-state index is 11.7. The topological polar surface area (TPSA) is 86.5 Å². The van der Waals surface area contributed by atoms with E-state index in [1.54, 1.807) is 6.20 Å². The van der Waals surface area contributed by atoms with Gasteiger partial charge in [-0.3, -0.25) is 4.79 Å². The van der Waals surface area contributed by atoms with E-state index in [-0.39, 0.29) is 13.0 Å². The molecule has 0 saturated carbocycles. The second kappa shape index (κ2) is 7.64. The van der Waals surface area contributed by atoms with Crippen LogP contribution in [0.4, 0.5) is 0 Å². The van der Waals surface area contributed by atoms with Gasteiger partial charge in [0.05, 0.1) is 22.9 Å². The van der Waals surface area contributed by atoms with E-state index in [2.05, 4.69) is 34.1 Å². The Kier molecular flexibility index (Phi) is 5.46. The van der Waals surface area contributed by atoms with E-state index in [4.69, 9.17) is 4.98 Å². The van der Waals surface area contributed by atoms with Gasteiger partial charge in [0.25, 0.3) is 5.56 Å². The van der Waals surface area contributed by atoms with Crippen LogP contribution in [-0.2, 0) is 0 Å². The van der Waals surface area contributed by atoms with Crippen molar-refractivity contribution in [3.05, 3.63) is 45.8 Å². The van der Waals surface area contributed by atoms with Gasteiger partial charge in [-0.2, -0.15) is 0 Å². The number of fused-ring (bicyclic) bond motifs is 1. The largest absolute Gasteiger partial charge is 0.352 e.